The van der Waals surface area contributed by atoms with Crippen LogP contribution in [0.3, 0.4) is 0 Å². The second kappa shape index (κ2) is 5.51. The predicted octanol–water partition coefficient (Wildman–Crippen LogP) is 1.44. The minimum atomic E-state index is -4.41. The molecule has 1 N–H and O–H groups in total. The fourth-order valence-electron chi connectivity index (χ4n) is 2.21. The summed E-state index contributed by atoms with van der Waals surface area (Å²) in [4.78, 5) is 17.4. The van der Waals surface area contributed by atoms with Gasteiger partial charge in [0.2, 0.25) is 0 Å². The van der Waals surface area contributed by atoms with E-state index in [1.807, 2.05) is 0 Å². The van der Waals surface area contributed by atoms with Gasteiger partial charge in [0.25, 0.3) is 5.91 Å². The van der Waals surface area contributed by atoms with Crippen LogP contribution in [0.4, 0.5) is 19.0 Å². The Morgan fingerprint density at radius 2 is 2.19 bits per heavy atom. The highest BCUT2D eigenvalue weighted by Gasteiger charge is 2.39. The largest absolute Gasteiger partial charge is 0.417 e. The van der Waals surface area contributed by atoms with Crippen LogP contribution in [-0.2, 0) is 15.7 Å². The summed E-state index contributed by atoms with van der Waals surface area (Å²) in [6, 6.07) is 2.29. The summed E-state index contributed by atoms with van der Waals surface area (Å²) in [5, 5.41) is 2.52. The first-order chi connectivity index (χ1) is 9.76. The molecule has 5 nitrogen and oxygen atoms in total. The van der Waals surface area contributed by atoms with Crippen LogP contribution in [0.1, 0.15) is 12.5 Å². The zero-order chi connectivity index (χ0) is 15.7. The van der Waals surface area contributed by atoms with E-state index in [2.05, 4.69) is 10.3 Å². The molecule has 2 heterocycles. The fraction of sp³-hybridized carbons (Fsp3) is 0.538. The van der Waals surface area contributed by atoms with E-state index in [0.29, 0.717) is 19.0 Å². The third kappa shape index (κ3) is 3.26. The molecule has 0 bridgehead atoms. The lowest BCUT2D eigenvalue weighted by Gasteiger charge is -2.39. The van der Waals surface area contributed by atoms with Gasteiger partial charge in [-0.25, -0.2) is 4.98 Å². The fourth-order valence-corrected chi connectivity index (χ4v) is 2.21. The molecular weight excluding hydrogens is 287 g/mol. The Morgan fingerprint density at radius 3 is 2.71 bits per heavy atom. The van der Waals surface area contributed by atoms with E-state index in [-0.39, 0.29) is 12.5 Å². The molecule has 1 aliphatic heterocycles. The number of nitrogens with one attached hydrogen (secondary N) is 1. The molecule has 1 amide bonds. The average molecular weight is 303 g/mol. The number of morpholine rings is 1. The number of alkyl halides is 3. The number of aromatic nitrogens is 1. The van der Waals surface area contributed by atoms with Gasteiger partial charge >= 0.3 is 6.18 Å². The van der Waals surface area contributed by atoms with Gasteiger partial charge in [-0.3, -0.25) is 4.79 Å². The van der Waals surface area contributed by atoms with Crippen molar-refractivity contribution in [2.24, 2.45) is 0 Å². The monoisotopic (exact) mass is 303 g/mol. The lowest BCUT2D eigenvalue weighted by molar-refractivity contribution is -0.145. The molecule has 0 aromatic carbocycles. The van der Waals surface area contributed by atoms with Crippen LogP contribution in [0.2, 0.25) is 0 Å². The van der Waals surface area contributed by atoms with E-state index < -0.39 is 17.3 Å². The summed E-state index contributed by atoms with van der Waals surface area (Å²) in [6.45, 7) is 2.63. The second-order valence-corrected chi connectivity index (χ2v) is 4.98. The Kier molecular flexibility index (Phi) is 4.08. The van der Waals surface area contributed by atoms with Gasteiger partial charge in [-0.15, -0.1) is 0 Å². The maximum atomic E-state index is 12.5. The molecule has 0 unspecified atom stereocenters. The van der Waals surface area contributed by atoms with Crippen molar-refractivity contribution in [3.8, 4) is 0 Å². The highest BCUT2D eigenvalue weighted by atomic mass is 19.4. The molecule has 1 aromatic rings. The normalized spacial score (nSPS) is 23.0. The third-order valence-corrected chi connectivity index (χ3v) is 3.38. The maximum absolute atomic E-state index is 12.5. The molecule has 1 aromatic heterocycles. The molecule has 1 aliphatic rings. The number of rotatable bonds is 2. The number of nitrogens with zero attached hydrogens (tertiary/aromatic N) is 2. The van der Waals surface area contributed by atoms with Gasteiger partial charge in [-0.1, -0.05) is 0 Å². The summed E-state index contributed by atoms with van der Waals surface area (Å²) in [7, 11) is 1.51. The number of anilines is 1. The van der Waals surface area contributed by atoms with Crippen LogP contribution in [0, 0.1) is 0 Å². The molecule has 0 radical (unpaired) electrons. The van der Waals surface area contributed by atoms with E-state index in [1.54, 1.807) is 11.8 Å². The maximum Gasteiger partial charge on any atom is 0.417 e. The number of likely N-dealkylation sites (N-methyl/N-ethyl adjacent to an activating group) is 1. The van der Waals surface area contributed by atoms with Gasteiger partial charge < -0.3 is 15.0 Å². The molecule has 0 spiro atoms. The van der Waals surface area contributed by atoms with Crippen molar-refractivity contribution in [2.45, 2.75) is 18.7 Å². The Hall–Kier alpha value is -1.83. The van der Waals surface area contributed by atoms with Crippen LogP contribution in [0.25, 0.3) is 0 Å². The number of ether oxygens (including phenoxy) is 1. The smallest absolute Gasteiger partial charge is 0.362 e. The van der Waals surface area contributed by atoms with E-state index in [1.165, 1.54) is 13.1 Å². The van der Waals surface area contributed by atoms with Crippen LogP contribution in [0.5, 0.6) is 0 Å². The van der Waals surface area contributed by atoms with E-state index in [4.69, 9.17) is 4.74 Å². The number of carbonyl (C=O) groups is 1. The van der Waals surface area contributed by atoms with Crippen molar-refractivity contribution < 1.29 is 22.7 Å². The summed E-state index contributed by atoms with van der Waals surface area (Å²) in [6.07, 6.45) is -3.62. The zero-order valence-electron chi connectivity index (χ0n) is 11.7. The third-order valence-electron chi connectivity index (χ3n) is 3.38. The summed E-state index contributed by atoms with van der Waals surface area (Å²) >= 11 is 0. The number of pyridine rings is 1. The number of hydrogen-bond donors (Lipinski definition) is 1. The van der Waals surface area contributed by atoms with Crippen LogP contribution in [0.15, 0.2) is 18.3 Å². The van der Waals surface area contributed by atoms with Crippen molar-refractivity contribution in [3.63, 3.8) is 0 Å². The van der Waals surface area contributed by atoms with E-state index in [0.717, 1.165) is 12.3 Å². The topological polar surface area (TPSA) is 54.5 Å². The van der Waals surface area contributed by atoms with Crippen molar-refractivity contribution >= 4 is 11.7 Å². The Balaban J connectivity index is 2.17. The molecule has 116 valence electrons. The Labute approximate surface area is 120 Å². The van der Waals surface area contributed by atoms with Crippen molar-refractivity contribution in [1.82, 2.24) is 10.3 Å². The SMILES string of the molecule is CNC(=O)[C@]1(C)CN(c2ccc(C(F)(F)F)cn2)CCO1. The van der Waals surface area contributed by atoms with Crippen molar-refractivity contribution in [3.05, 3.63) is 23.9 Å². The van der Waals surface area contributed by atoms with Gasteiger partial charge in [0, 0.05) is 19.8 Å². The van der Waals surface area contributed by atoms with Crippen LogP contribution < -0.4 is 10.2 Å². The standard InChI is InChI=1S/C13H16F3N3O2/c1-12(11(20)17-2)8-19(5-6-21-12)10-4-3-9(7-18-10)13(14,15)16/h3-4,7H,5-6,8H2,1-2H3,(H,17,20)/t12-/m0/s1. The van der Waals surface area contributed by atoms with Gasteiger partial charge in [0.05, 0.1) is 18.7 Å². The highest BCUT2D eigenvalue weighted by molar-refractivity contribution is 5.85. The quantitative estimate of drug-likeness (QED) is 0.898. The average Bonchev–Trinajstić information content (AvgIpc) is 2.45. The molecule has 1 atom stereocenters. The molecule has 1 fully saturated rings. The van der Waals surface area contributed by atoms with E-state index >= 15 is 0 Å². The Morgan fingerprint density at radius 1 is 1.48 bits per heavy atom. The van der Waals surface area contributed by atoms with E-state index in [9.17, 15) is 18.0 Å². The number of hydrogen-bond acceptors (Lipinski definition) is 4. The first-order valence-electron chi connectivity index (χ1n) is 6.40. The zero-order valence-corrected chi connectivity index (χ0v) is 11.7. The lowest BCUT2D eigenvalue weighted by Crippen LogP contribution is -2.58. The first kappa shape index (κ1) is 15.6. The molecule has 1 saturated heterocycles. The number of carbonyl (C=O) groups excluding carboxylic acids is 1. The second-order valence-electron chi connectivity index (χ2n) is 4.98. The molecule has 8 heteroatoms. The minimum Gasteiger partial charge on any atom is -0.362 e. The first-order valence-corrected chi connectivity index (χ1v) is 6.40. The van der Waals surface area contributed by atoms with Gasteiger partial charge in [0.1, 0.15) is 5.82 Å². The summed E-state index contributed by atoms with van der Waals surface area (Å²) in [5.41, 5.74) is -1.84. The van der Waals surface area contributed by atoms with Crippen molar-refractivity contribution in [1.29, 1.82) is 0 Å². The molecule has 2 rings (SSSR count). The molecular formula is C13H16F3N3O2. The number of halogens is 3. The molecule has 0 aliphatic carbocycles. The summed E-state index contributed by atoms with van der Waals surface area (Å²) < 4.78 is 43.0. The van der Waals surface area contributed by atoms with Crippen LogP contribution >= 0.6 is 0 Å². The van der Waals surface area contributed by atoms with Crippen LogP contribution in [-0.4, -0.2) is 43.2 Å². The molecule has 0 saturated carbocycles. The minimum absolute atomic E-state index is 0.227. The lowest BCUT2D eigenvalue weighted by atomic mass is 10.0. The van der Waals surface area contributed by atoms with Gasteiger partial charge in [-0.2, -0.15) is 13.2 Å². The van der Waals surface area contributed by atoms with Crippen molar-refractivity contribution in [2.75, 3.05) is 31.6 Å². The predicted molar refractivity (Wildman–Crippen MR) is 69.9 cm³/mol. The highest BCUT2D eigenvalue weighted by Crippen LogP contribution is 2.30. The molecule has 21 heavy (non-hydrogen) atoms. The number of amides is 1. The van der Waals surface area contributed by atoms with Gasteiger partial charge in [0.15, 0.2) is 5.60 Å². The van der Waals surface area contributed by atoms with Gasteiger partial charge in [-0.05, 0) is 19.1 Å². The summed E-state index contributed by atoms with van der Waals surface area (Å²) in [5.74, 6) is 0.112. The Bertz CT molecular complexity index is 518.